The summed E-state index contributed by atoms with van der Waals surface area (Å²) in [5.41, 5.74) is 3.84. The van der Waals surface area contributed by atoms with Gasteiger partial charge in [0.25, 0.3) is 5.91 Å². The van der Waals surface area contributed by atoms with Gasteiger partial charge in [0.05, 0.1) is 29.0 Å². The van der Waals surface area contributed by atoms with Gasteiger partial charge < -0.3 is 9.15 Å². The van der Waals surface area contributed by atoms with Gasteiger partial charge in [0.2, 0.25) is 0 Å². The van der Waals surface area contributed by atoms with Crippen LogP contribution in [-0.2, 0) is 4.74 Å². The van der Waals surface area contributed by atoms with Crippen LogP contribution in [0.1, 0.15) is 33.4 Å². The molecule has 0 atom stereocenters. The number of nitrogens with one attached hydrogen (secondary N) is 1. The highest BCUT2D eigenvalue weighted by atomic mass is 79.9. The van der Waals surface area contributed by atoms with Crippen molar-refractivity contribution in [1.82, 2.24) is 5.43 Å². The minimum absolute atomic E-state index is 0.256. The lowest BCUT2D eigenvalue weighted by molar-refractivity contribution is 0.0526. The fourth-order valence-corrected chi connectivity index (χ4v) is 3.14. The summed E-state index contributed by atoms with van der Waals surface area (Å²) in [7, 11) is 0. The molecular formula is C21H16BrClN2O4. The zero-order chi connectivity index (χ0) is 20.8. The van der Waals surface area contributed by atoms with Crippen LogP contribution in [0.15, 0.2) is 68.6 Å². The normalized spacial score (nSPS) is 10.9. The number of amides is 1. The first-order chi connectivity index (χ1) is 14.0. The van der Waals surface area contributed by atoms with E-state index in [4.69, 9.17) is 20.8 Å². The molecule has 0 aliphatic carbocycles. The monoisotopic (exact) mass is 474 g/mol. The van der Waals surface area contributed by atoms with Crippen molar-refractivity contribution < 1.29 is 18.7 Å². The van der Waals surface area contributed by atoms with Crippen LogP contribution in [0, 0.1) is 0 Å². The van der Waals surface area contributed by atoms with Crippen LogP contribution in [0.25, 0.3) is 11.3 Å². The smallest absolute Gasteiger partial charge is 0.339 e. The molecule has 3 aromatic rings. The molecule has 1 amide bonds. The maximum absolute atomic E-state index is 12.1. The van der Waals surface area contributed by atoms with Crippen molar-refractivity contribution in [3.63, 3.8) is 0 Å². The van der Waals surface area contributed by atoms with E-state index >= 15 is 0 Å². The van der Waals surface area contributed by atoms with E-state index in [2.05, 4.69) is 26.5 Å². The second-order valence-corrected chi connectivity index (χ2v) is 7.06. The summed E-state index contributed by atoms with van der Waals surface area (Å²) in [5, 5.41) is 4.22. The van der Waals surface area contributed by atoms with E-state index in [1.165, 1.54) is 6.21 Å². The Kier molecular flexibility index (Phi) is 6.85. The van der Waals surface area contributed by atoms with Gasteiger partial charge in [-0.3, -0.25) is 4.79 Å². The number of ether oxygens (including phenoxy) is 1. The predicted molar refractivity (Wildman–Crippen MR) is 114 cm³/mol. The third-order valence-electron chi connectivity index (χ3n) is 3.85. The molecule has 8 heteroatoms. The highest BCUT2D eigenvalue weighted by Gasteiger charge is 2.14. The molecule has 1 N–H and O–H groups in total. The number of hydrogen-bond acceptors (Lipinski definition) is 5. The summed E-state index contributed by atoms with van der Waals surface area (Å²) in [6.07, 6.45) is 1.39. The molecule has 3 rings (SSSR count). The van der Waals surface area contributed by atoms with Crippen molar-refractivity contribution in [2.75, 3.05) is 6.61 Å². The molecular weight excluding hydrogens is 460 g/mol. The van der Waals surface area contributed by atoms with Crippen molar-refractivity contribution in [2.45, 2.75) is 6.92 Å². The van der Waals surface area contributed by atoms with Gasteiger partial charge in [-0.1, -0.05) is 23.7 Å². The van der Waals surface area contributed by atoms with Gasteiger partial charge >= 0.3 is 5.97 Å². The van der Waals surface area contributed by atoms with Gasteiger partial charge in [0.15, 0.2) is 0 Å². The van der Waals surface area contributed by atoms with Crippen molar-refractivity contribution >= 4 is 45.6 Å². The third-order valence-corrected chi connectivity index (χ3v) is 4.87. The fourth-order valence-electron chi connectivity index (χ4n) is 2.48. The Labute approximate surface area is 180 Å². The summed E-state index contributed by atoms with van der Waals surface area (Å²) in [5.74, 6) is 0.102. The lowest BCUT2D eigenvalue weighted by atomic mass is 10.1. The van der Waals surface area contributed by atoms with Crippen LogP contribution >= 0.6 is 27.5 Å². The highest BCUT2D eigenvalue weighted by Crippen LogP contribution is 2.27. The second-order valence-electron chi connectivity index (χ2n) is 5.80. The minimum atomic E-state index is -0.498. The fraction of sp³-hybridized carbons (Fsp3) is 0.0952. The molecule has 29 heavy (non-hydrogen) atoms. The van der Waals surface area contributed by atoms with Gasteiger partial charge in [0.1, 0.15) is 11.5 Å². The Bertz CT molecular complexity index is 1080. The van der Waals surface area contributed by atoms with Crippen LogP contribution in [0.5, 0.6) is 0 Å². The highest BCUT2D eigenvalue weighted by molar-refractivity contribution is 9.10. The number of hydrogen-bond donors (Lipinski definition) is 1. The van der Waals surface area contributed by atoms with Crippen LogP contribution in [0.4, 0.5) is 0 Å². The number of carbonyl (C=O) groups is 2. The molecule has 2 aromatic carbocycles. The minimum Gasteiger partial charge on any atom is -0.462 e. The Morgan fingerprint density at radius 2 is 1.97 bits per heavy atom. The SMILES string of the molecule is CCOC(=O)c1cc(-c2ccc(/C=N\NC(=O)c3ccccc3Br)o2)ccc1Cl. The van der Waals surface area contributed by atoms with Crippen LogP contribution in [0.3, 0.4) is 0 Å². The first-order valence-corrected chi connectivity index (χ1v) is 9.81. The van der Waals surface area contributed by atoms with Crippen molar-refractivity contribution in [3.8, 4) is 11.3 Å². The first-order valence-electron chi connectivity index (χ1n) is 8.64. The number of benzene rings is 2. The predicted octanol–water partition coefficient (Wildman–Crippen LogP) is 5.30. The van der Waals surface area contributed by atoms with E-state index in [0.717, 1.165) is 0 Å². The van der Waals surface area contributed by atoms with Crippen LogP contribution in [-0.4, -0.2) is 24.7 Å². The van der Waals surface area contributed by atoms with Gasteiger partial charge in [0, 0.05) is 10.0 Å². The Balaban J connectivity index is 1.72. The zero-order valence-corrected chi connectivity index (χ0v) is 17.7. The summed E-state index contributed by atoms with van der Waals surface area (Å²) in [4.78, 5) is 24.1. The summed E-state index contributed by atoms with van der Waals surface area (Å²) >= 11 is 9.40. The number of nitrogens with zero attached hydrogens (tertiary/aromatic N) is 1. The lowest BCUT2D eigenvalue weighted by Crippen LogP contribution is -2.17. The van der Waals surface area contributed by atoms with Crippen molar-refractivity contribution in [1.29, 1.82) is 0 Å². The maximum Gasteiger partial charge on any atom is 0.339 e. The number of hydrazone groups is 1. The van der Waals surface area contributed by atoms with E-state index in [-0.39, 0.29) is 18.1 Å². The zero-order valence-electron chi connectivity index (χ0n) is 15.3. The average molecular weight is 476 g/mol. The largest absolute Gasteiger partial charge is 0.462 e. The first kappa shape index (κ1) is 20.8. The van der Waals surface area contributed by atoms with E-state index < -0.39 is 5.97 Å². The molecule has 0 fully saturated rings. The number of halogens is 2. The van der Waals surface area contributed by atoms with E-state index in [0.29, 0.717) is 32.1 Å². The Hall–Kier alpha value is -2.90. The molecule has 1 aromatic heterocycles. The molecule has 0 aliphatic heterocycles. The standard InChI is InChI=1S/C21H16BrClN2O4/c1-2-28-21(27)16-11-13(7-9-18(16)23)19-10-8-14(29-19)12-24-25-20(26)15-5-3-4-6-17(15)22/h3-12H,2H2,1H3,(H,25,26)/b24-12-. The molecule has 0 aliphatic rings. The quantitative estimate of drug-likeness (QED) is 0.298. The maximum atomic E-state index is 12.1. The molecule has 1 heterocycles. The third kappa shape index (κ3) is 5.13. The average Bonchev–Trinajstić information content (AvgIpc) is 3.17. The molecule has 0 unspecified atom stereocenters. The van der Waals surface area contributed by atoms with Crippen molar-refractivity contribution in [3.05, 3.63) is 81.0 Å². The second kappa shape index (κ2) is 9.54. The van der Waals surface area contributed by atoms with Crippen molar-refractivity contribution in [2.24, 2.45) is 5.10 Å². The van der Waals surface area contributed by atoms with Gasteiger partial charge in [-0.25, -0.2) is 10.2 Å². The molecule has 6 nitrogen and oxygen atoms in total. The molecule has 0 radical (unpaired) electrons. The summed E-state index contributed by atoms with van der Waals surface area (Å²) in [6.45, 7) is 1.98. The summed E-state index contributed by atoms with van der Waals surface area (Å²) < 4.78 is 11.4. The Morgan fingerprint density at radius 3 is 2.72 bits per heavy atom. The number of furan rings is 1. The topological polar surface area (TPSA) is 80.9 Å². The van der Waals surface area contributed by atoms with Crippen LogP contribution < -0.4 is 5.43 Å². The lowest BCUT2D eigenvalue weighted by Gasteiger charge is -2.05. The Morgan fingerprint density at radius 1 is 1.17 bits per heavy atom. The van der Waals surface area contributed by atoms with Gasteiger partial charge in [-0.2, -0.15) is 5.10 Å². The molecule has 0 saturated carbocycles. The van der Waals surface area contributed by atoms with E-state index in [9.17, 15) is 9.59 Å². The van der Waals surface area contributed by atoms with Gasteiger partial charge in [-0.15, -0.1) is 0 Å². The van der Waals surface area contributed by atoms with Crippen LogP contribution in [0.2, 0.25) is 5.02 Å². The number of rotatable bonds is 6. The van der Waals surface area contributed by atoms with Gasteiger partial charge in [-0.05, 0) is 65.3 Å². The molecule has 0 spiro atoms. The van der Waals surface area contributed by atoms with E-state index in [1.807, 2.05) is 6.07 Å². The molecule has 0 saturated heterocycles. The molecule has 148 valence electrons. The number of esters is 1. The van der Waals surface area contributed by atoms with E-state index in [1.54, 1.807) is 55.5 Å². The molecule has 0 bridgehead atoms. The summed E-state index contributed by atoms with van der Waals surface area (Å²) in [6, 6.07) is 15.4. The number of carbonyl (C=O) groups excluding carboxylic acids is 2.